The maximum absolute atomic E-state index is 12.2. The molecule has 2 atom stereocenters. The lowest BCUT2D eigenvalue weighted by Crippen LogP contribution is -2.39. The van der Waals surface area contributed by atoms with Crippen LogP contribution in [0.25, 0.3) is 0 Å². The quantitative estimate of drug-likeness (QED) is 0.473. The van der Waals surface area contributed by atoms with Crippen molar-refractivity contribution in [2.45, 2.75) is 104 Å². The Labute approximate surface area is 194 Å². The number of hydrogen-bond donors (Lipinski definition) is 2. The molecule has 0 aliphatic heterocycles. The van der Waals surface area contributed by atoms with Crippen LogP contribution in [0.15, 0.2) is 18.2 Å². The topological polar surface area (TPSA) is 73.1 Å². The van der Waals surface area contributed by atoms with Crippen LogP contribution in [0.5, 0.6) is 5.75 Å². The highest BCUT2D eigenvalue weighted by Crippen LogP contribution is 2.27. The van der Waals surface area contributed by atoms with E-state index in [1.54, 1.807) is 0 Å². The van der Waals surface area contributed by atoms with Crippen molar-refractivity contribution in [3.05, 3.63) is 28.8 Å². The van der Waals surface area contributed by atoms with E-state index >= 15 is 0 Å². The van der Waals surface area contributed by atoms with Crippen molar-refractivity contribution >= 4 is 17.5 Å². The molecule has 2 N–H and O–H groups in total. The second-order valence-electron chi connectivity index (χ2n) is 8.93. The summed E-state index contributed by atoms with van der Waals surface area (Å²) in [5.74, 6) is 1.55. The molecule has 2 unspecified atom stereocenters. The predicted molar refractivity (Wildman–Crippen MR) is 129 cm³/mol. The van der Waals surface area contributed by atoms with Gasteiger partial charge in [0.15, 0.2) is 0 Å². The van der Waals surface area contributed by atoms with Crippen LogP contribution in [-0.2, 0) is 4.79 Å². The largest absolute Gasteiger partial charge is 0.508 e. The van der Waals surface area contributed by atoms with Crippen LogP contribution in [0, 0.1) is 23.2 Å². The number of nitrogens with one attached hydrogen (secondary N) is 1. The van der Waals surface area contributed by atoms with Crippen LogP contribution in [0.3, 0.4) is 0 Å². The number of phenolic OH excluding ortho intramolecular Hbond substituents is 1. The summed E-state index contributed by atoms with van der Waals surface area (Å²) in [5, 5.41) is 20.8. The molecule has 31 heavy (non-hydrogen) atoms. The Morgan fingerprint density at radius 1 is 1.06 bits per heavy atom. The monoisotopic (exact) mass is 448 g/mol. The number of nitriles is 1. The molecule has 2 aliphatic rings. The number of aromatic hydroxyl groups is 1. The molecule has 2 fully saturated rings. The van der Waals surface area contributed by atoms with Gasteiger partial charge in [0, 0.05) is 12.0 Å². The standard InChI is InChI=1S/C15H27NO.C7H4ClNO.C4H10/c1-12-6-5-7-13(11-10-12)15(17)16-14-8-3-2-4-9-14;8-7-3-6(10)2-1-5(7)4-9;1-3-4-2/h12-14H,2-11H2,1H3,(H,16,17);1-3,10H;3-4H2,1-2H3. The third kappa shape index (κ3) is 11.5. The fourth-order valence-electron chi connectivity index (χ4n) is 3.91. The van der Waals surface area contributed by atoms with E-state index in [-0.39, 0.29) is 10.8 Å². The Morgan fingerprint density at radius 2 is 1.74 bits per heavy atom. The average molecular weight is 449 g/mol. The lowest BCUT2D eigenvalue weighted by Gasteiger charge is -2.25. The molecule has 0 bridgehead atoms. The van der Waals surface area contributed by atoms with Gasteiger partial charge in [0.25, 0.3) is 0 Å². The van der Waals surface area contributed by atoms with E-state index < -0.39 is 0 Å². The van der Waals surface area contributed by atoms with Gasteiger partial charge in [0.2, 0.25) is 5.91 Å². The third-order valence-electron chi connectivity index (χ3n) is 6.15. The van der Waals surface area contributed by atoms with Crippen LogP contribution in [0.1, 0.15) is 103 Å². The Kier molecular flexibility index (Phi) is 14.1. The first-order valence-corrected chi connectivity index (χ1v) is 12.5. The van der Waals surface area contributed by atoms with Gasteiger partial charge < -0.3 is 10.4 Å². The number of benzene rings is 1. The molecule has 5 heteroatoms. The number of phenols is 1. The Hall–Kier alpha value is -1.73. The van der Waals surface area contributed by atoms with Crippen molar-refractivity contribution in [1.29, 1.82) is 5.26 Å². The molecule has 0 saturated heterocycles. The molecule has 174 valence electrons. The Balaban J connectivity index is 0.000000290. The molecule has 0 heterocycles. The minimum absolute atomic E-state index is 0.0731. The van der Waals surface area contributed by atoms with Crippen LogP contribution >= 0.6 is 11.6 Å². The third-order valence-corrected chi connectivity index (χ3v) is 6.47. The first kappa shape index (κ1) is 27.3. The summed E-state index contributed by atoms with van der Waals surface area (Å²) in [6, 6.07) is 6.59. The van der Waals surface area contributed by atoms with Gasteiger partial charge in [-0.1, -0.05) is 77.3 Å². The minimum atomic E-state index is 0.0731. The van der Waals surface area contributed by atoms with Crippen molar-refractivity contribution in [3.8, 4) is 11.8 Å². The number of unbranched alkanes of at least 4 members (excludes halogenated alkanes) is 1. The summed E-state index contributed by atoms with van der Waals surface area (Å²) in [5.41, 5.74) is 0.375. The first-order valence-electron chi connectivity index (χ1n) is 12.1. The highest BCUT2D eigenvalue weighted by Gasteiger charge is 2.24. The fourth-order valence-corrected chi connectivity index (χ4v) is 4.13. The maximum atomic E-state index is 12.2. The molecule has 0 spiro atoms. The van der Waals surface area contributed by atoms with E-state index in [0.29, 0.717) is 23.4 Å². The molecule has 1 aromatic rings. The van der Waals surface area contributed by atoms with Gasteiger partial charge in [-0.2, -0.15) is 5.26 Å². The van der Waals surface area contributed by atoms with Crippen molar-refractivity contribution in [2.24, 2.45) is 11.8 Å². The molecule has 1 aromatic carbocycles. The van der Waals surface area contributed by atoms with Gasteiger partial charge in [-0.05, 0) is 56.2 Å². The predicted octanol–water partition coefficient (Wildman–Crippen LogP) is 7.38. The number of hydrogen-bond acceptors (Lipinski definition) is 3. The second-order valence-corrected chi connectivity index (χ2v) is 9.34. The van der Waals surface area contributed by atoms with E-state index in [1.807, 2.05) is 6.07 Å². The van der Waals surface area contributed by atoms with Gasteiger partial charge in [0.1, 0.15) is 11.8 Å². The molecule has 1 amide bonds. The minimum Gasteiger partial charge on any atom is -0.508 e. The number of nitrogens with zero attached hydrogens (tertiary/aromatic N) is 1. The Bertz CT molecular complexity index is 678. The molecule has 0 radical (unpaired) electrons. The average Bonchev–Trinajstić information content (AvgIpc) is 3.00. The number of carbonyl (C=O) groups excluding carboxylic acids is 1. The summed E-state index contributed by atoms with van der Waals surface area (Å²) >= 11 is 5.55. The highest BCUT2D eigenvalue weighted by atomic mass is 35.5. The first-order chi connectivity index (χ1) is 14.9. The second kappa shape index (κ2) is 16.0. The zero-order valence-corrected chi connectivity index (χ0v) is 20.4. The van der Waals surface area contributed by atoms with Crippen molar-refractivity contribution < 1.29 is 9.90 Å². The van der Waals surface area contributed by atoms with Crippen LogP contribution in [0.2, 0.25) is 5.02 Å². The van der Waals surface area contributed by atoms with Gasteiger partial charge in [-0.15, -0.1) is 0 Å². The number of amides is 1. The molecular formula is C26H41ClN2O2. The fraction of sp³-hybridized carbons (Fsp3) is 0.692. The normalized spacial score (nSPS) is 21.3. The SMILES string of the molecule is CC1CCCC(C(=O)NC2CCCCC2)CC1.CCCC.N#Cc1ccc(O)cc1Cl. The van der Waals surface area contributed by atoms with E-state index in [2.05, 4.69) is 26.1 Å². The highest BCUT2D eigenvalue weighted by molar-refractivity contribution is 6.31. The van der Waals surface area contributed by atoms with E-state index in [1.165, 1.54) is 82.4 Å². The molecular weight excluding hydrogens is 408 g/mol. The zero-order valence-electron chi connectivity index (χ0n) is 19.6. The van der Waals surface area contributed by atoms with Gasteiger partial charge in [-0.3, -0.25) is 4.79 Å². The zero-order chi connectivity index (χ0) is 23.1. The lowest BCUT2D eigenvalue weighted by atomic mass is 9.93. The Morgan fingerprint density at radius 3 is 2.32 bits per heavy atom. The number of carbonyl (C=O) groups is 1. The van der Waals surface area contributed by atoms with Crippen molar-refractivity contribution in [3.63, 3.8) is 0 Å². The molecule has 2 aliphatic carbocycles. The summed E-state index contributed by atoms with van der Waals surface area (Å²) in [6.45, 7) is 6.68. The van der Waals surface area contributed by atoms with E-state index in [9.17, 15) is 4.79 Å². The summed E-state index contributed by atoms with van der Waals surface area (Å²) in [4.78, 5) is 12.2. The van der Waals surface area contributed by atoms with E-state index in [0.717, 1.165) is 18.8 Å². The van der Waals surface area contributed by atoms with Crippen molar-refractivity contribution in [1.82, 2.24) is 5.32 Å². The summed E-state index contributed by atoms with van der Waals surface area (Å²) in [6.07, 6.45) is 15.0. The lowest BCUT2D eigenvalue weighted by molar-refractivity contribution is -0.126. The number of halogens is 1. The maximum Gasteiger partial charge on any atom is 0.223 e. The van der Waals surface area contributed by atoms with Gasteiger partial charge >= 0.3 is 0 Å². The van der Waals surface area contributed by atoms with Crippen molar-refractivity contribution in [2.75, 3.05) is 0 Å². The number of rotatable bonds is 3. The molecule has 0 aromatic heterocycles. The molecule has 2 saturated carbocycles. The van der Waals surface area contributed by atoms with Gasteiger partial charge in [-0.25, -0.2) is 0 Å². The molecule has 3 rings (SSSR count). The smallest absolute Gasteiger partial charge is 0.223 e. The van der Waals surface area contributed by atoms with Crippen LogP contribution in [0.4, 0.5) is 0 Å². The van der Waals surface area contributed by atoms with E-state index in [4.69, 9.17) is 22.0 Å². The summed E-state index contributed by atoms with van der Waals surface area (Å²) < 4.78 is 0. The van der Waals surface area contributed by atoms with Gasteiger partial charge in [0.05, 0.1) is 10.6 Å². The van der Waals surface area contributed by atoms with Crippen LogP contribution in [-0.4, -0.2) is 17.1 Å². The van der Waals surface area contributed by atoms with Crippen LogP contribution < -0.4 is 5.32 Å². The summed E-state index contributed by atoms with van der Waals surface area (Å²) in [7, 11) is 0. The molecule has 4 nitrogen and oxygen atoms in total.